The van der Waals surface area contributed by atoms with Gasteiger partial charge in [-0.1, -0.05) is 6.92 Å². The zero-order valence-electron chi connectivity index (χ0n) is 14.7. The van der Waals surface area contributed by atoms with E-state index in [9.17, 15) is 4.79 Å². The predicted molar refractivity (Wildman–Crippen MR) is 105 cm³/mol. The summed E-state index contributed by atoms with van der Waals surface area (Å²) in [4.78, 5) is 35.3. The Labute approximate surface area is 164 Å². The quantitative estimate of drug-likeness (QED) is 0.495. The lowest BCUT2D eigenvalue weighted by Gasteiger charge is -2.28. The number of anilines is 1. The minimum absolute atomic E-state index is 0.107. The highest BCUT2D eigenvalue weighted by atomic mass is 35.5. The van der Waals surface area contributed by atoms with Crippen LogP contribution in [0.15, 0.2) is 28.3 Å². The van der Waals surface area contributed by atoms with Crippen LogP contribution in [0.2, 0.25) is 5.28 Å². The Kier molecular flexibility index (Phi) is 5.22. The summed E-state index contributed by atoms with van der Waals surface area (Å²) in [5, 5.41) is 3.17. The van der Waals surface area contributed by atoms with Gasteiger partial charge in [-0.05, 0) is 36.6 Å². The average molecular weight is 404 g/mol. The molecule has 4 rings (SSSR count). The fraction of sp³-hybridized carbons (Fsp3) is 0.412. The summed E-state index contributed by atoms with van der Waals surface area (Å²) >= 11 is 7.61. The van der Waals surface area contributed by atoms with Crippen molar-refractivity contribution in [1.29, 1.82) is 0 Å². The van der Waals surface area contributed by atoms with Crippen LogP contribution in [-0.2, 0) is 6.54 Å². The Morgan fingerprint density at radius 2 is 2.00 bits per heavy atom. The molecule has 0 atom stereocenters. The van der Waals surface area contributed by atoms with Crippen LogP contribution in [0, 0.1) is 0 Å². The fourth-order valence-corrected chi connectivity index (χ4v) is 3.63. The van der Waals surface area contributed by atoms with Gasteiger partial charge in [-0.2, -0.15) is 4.98 Å². The summed E-state index contributed by atoms with van der Waals surface area (Å²) in [6.07, 6.45) is 8.10. The van der Waals surface area contributed by atoms with Gasteiger partial charge in [-0.25, -0.2) is 19.9 Å². The standard InChI is InChI=1S/C17H18ClN7OS/c1-2-27-11-6-19-13(20-7-11)9-21-14-16(26)25(10-4-3-5-10)15-12(23-14)8-22-17(18)24-15/h6-8,10H,2-5,9H2,1H3,(H,21,23). The van der Waals surface area contributed by atoms with Gasteiger partial charge in [0.15, 0.2) is 11.5 Å². The van der Waals surface area contributed by atoms with E-state index in [1.54, 1.807) is 28.7 Å². The number of nitrogens with zero attached hydrogens (tertiary/aromatic N) is 6. The molecule has 0 spiro atoms. The maximum atomic E-state index is 13.0. The highest BCUT2D eigenvalue weighted by Gasteiger charge is 2.25. The van der Waals surface area contributed by atoms with Crippen molar-refractivity contribution in [2.24, 2.45) is 0 Å². The molecule has 3 heterocycles. The molecule has 0 aromatic carbocycles. The maximum Gasteiger partial charge on any atom is 0.295 e. The molecule has 140 valence electrons. The molecule has 1 N–H and O–H groups in total. The molecule has 0 bridgehead atoms. The topological polar surface area (TPSA) is 98.5 Å². The molecule has 0 radical (unpaired) electrons. The minimum Gasteiger partial charge on any atom is -0.358 e. The van der Waals surface area contributed by atoms with Crippen molar-refractivity contribution in [3.8, 4) is 0 Å². The smallest absolute Gasteiger partial charge is 0.295 e. The zero-order chi connectivity index (χ0) is 18.8. The average Bonchev–Trinajstić information content (AvgIpc) is 2.63. The van der Waals surface area contributed by atoms with Crippen LogP contribution in [0.5, 0.6) is 0 Å². The van der Waals surface area contributed by atoms with Gasteiger partial charge in [0.25, 0.3) is 5.56 Å². The second-order valence-corrected chi connectivity index (χ2v) is 7.87. The summed E-state index contributed by atoms with van der Waals surface area (Å²) in [6, 6.07) is 0.121. The van der Waals surface area contributed by atoms with Crippen molar-refractivity contribution in [2.45, 2.75) is 43.7 Å². The first kappa shape index (κ1) is 18.1. The fourth-order valence-electron chi connectivity index (χ4n) is 2.92. The molecule has 0 aliphatic heterocycles. The number of rotatable bonds is 6. The molecule has 27 heavy (non-hydrogen) atoms. The van der Waals surface area contributed by atoms with Crippen molar-refractivity contribution in [3.63, 3.8) is 0 Å². The van der Waals surface area contributed by atoms with E-state index in [1.165, 1.54) is 6.20 Å². The van der Waals surface area contributed by atoms with E-state index in [2.05, 4.69) is 37.2 Å². The molecule has 3 aromatic heterocycles. The van der Waals surface area contributed by atoms with Gasteiger partial charge in [0.2, 0.25) is 5.28 Å². The number of fused-ring (bicyclic) bond motifs is 1. The third-order valence-corrected chi connectivity index (χ3v) is 5.46. The molecular weight excluding hydrogens is 386 g/mol. The van der Waals surface area contributed by atoms with E-state index in [1.807, 2.05) is 0 Å². The monoisotopic (exact) mass is 403 g/mol. The van der Waals surface area contributed by atoms with Gasteiger partial charge in [0.1, 0.15) is 11.3 Å². The van der Waals surface area contributed by atoms with Crippen molar-refractivity contribution < 1.29 is 0 Å². The van der Waals surface area contributed by atoms with E-state index < -0.39 is 0 Å². The summed E-state index contributed by atoms with van der Waals surface area (Å²) in [5.74, 6) is 1.81. The maximum absolute atomic E-state index is 13.0. The van der Waals surface area contributed by atoms with Gasteiger partial charge in [0, 0.05) is 23.3 Å². The van der Waals surface area contributed by atoms with E-state index in [4.69, 9.17) is 11.6 Å². The van der Waals surface area contributed by atoms with E-state index in [0.29, 0.717) is 23.5 Å². The third kappa shape index (κ3) is 3.74. The lowest BCUT2D eigenvalue weighted by molar-refractivity contribution is 0.313. The second kappa shape index (κ2) is 7.77. The number of halogens is 1. The first-order chi connectivity index (χ1) is 13.2. The Hall–Kier alpha value is -2.26. The first-order valence-corrected chi connectivity index (χ1v) is 10.1. The highest BCUT2D eigenvalue weighted by molar-refractivity contribution is 7.99. The first-order valence-electron chi connectivity index (χ1n) is 8.78. The minimum atomic E-state index is -0.208. The number of hydrogen-bond donors (Lipinski definition) is 1. The summed E-state index contributed by atoms with van der Waals surface area (Å²) in [7, 11) is 0. The van der Waals surface area contributed by atoms with Crippen molar-refractivity contribution in [2.75, 3.05) is 11.1 Å². The molecule has 0 unspecified atom stereocenters. The van der Waals surface area contributed by atoms with E-state index in [0.717, 1.165) is 29.9 Å². The summed E-state index contributed by atoms with van der Waals surface area (Å²) in [6.45, 7) is 2.39. The molecule has 1 aliphatic rings. The Morgan fingerprint density at radius 3 is 2.67 bits per heavy atom. The van der Waals surface area contributed by atoms with Crippen molar-refractivity contribution in [3.05, 3.63) is 40.1 Å². The second-order valence-electron chi connectivity index (χ2n) is 6.19. The van der Waals surface area contributed by atoms with Crippen LogP contribution in [0.25, 0.3) is 11.2 Å². The molecule has 8 nitrogen and oxygen atoms in total. The highest BCUT2D eigenvalue weighted by Crippen LogP contribution is 2.32. The molecule has 0 amide bonds. The number of aromatic nitrogens is 6. The summed E-state index contributed by atoms with van der Waals surface area (Å²) in [5.41, 5.74) is 0.802. The predicted octanol–water partition coefficient (Wildman–Crippen LogP) is 3.08. The number of nitrogens with one attached hydrogen (secondary N) is 1. The van der Waals surface area contributed by atoms with Gasteiger partial charge in [0.05, 0.1) is 12.7 Å². The molecule has 1 fully saturated rings. The van der Waals surface area contributed by atoms with Crippen LogP contribution in [0.4, 0.5) is 5.82 Å². The van der Waals surface area contributed by atoms with E-state index >= 15 is 0 Å². The number of hydrogen-bond acceptors (Lipinski definition) is 8. The zero-order valence-corrected chi connectivity index (χ0v) is 16.3. The van der Waals surface area contributed by atoms with Gasteiger partial charge in [-0.15, -0.1) is 11.8 Å². The Morgan fingerprint density at radius 1 is 1.22 bits per heavy atom. The largest absolute Gasteiger partial charge is 0.358 e. The van der Waals surface area contributed by atoms with Crippen LogP contribution < -0.4 is 10.9 Å². The number of thioether (sulfide) groups is 1. The molecule has 1 saturated carbocycles. The third-order valence-electron chi connectivity index (χ3n) is 4.45. The Bertz CT molecular complexity index is 1020. The van der Waals surface area contributed by atoms with Crippen LogP contribution in [-0.4, -0.2) is 35.2 Å². The molecule has 1 aliphatic carbocycles. The lowest BCUT2D eigenvalue weighted by atomic mass is 9.93. The normalized spacial score (nSPS) is 14.3. The van der Waals surface area contributed by atoms with E-state index in [-0.39, 0.29) is 22.7 Å². The van der Waals surface area contributed by atoms with Crippen LogP contribution >= 0.6 is 23.4 Å². The summed E-state index contributed by atoms with van der Waals surface area (Å²) < 4.78 is 1.68. The van der Waals surface area contributed by atoms with Gasteiger partial charge >= 0.3 is 0 Å². The van der Waals surface area contributed by atoms with Crippen LogP contribution in [0.1, 0.15) is 38.1 Å². The van der Waals surface area contributed by atoms with Crippen molar-refractivity contribution in [1.82, 2.24) is 29.5 Å². The molecular formula is C17H18ClN7OS. The SMILES string of the molecule is CCSc1cnc(CNc2nc3cnc(Cl)nc3n(C3CCC3)c2=O)nc1. The molecule has 10 heteroatoms. The molecule has 3 aromatic rings. The van der Waals surface area contributed by atoms with Gasteiger partial charge < -0.3 is 5.32 Å². The van der Waals surface area contributed by atoms with Crippen molar-refractivity contribution >= 4 is 40.3 Å². The molecule has 0 saturated heterocycles. The van der Waals surface area contributed by atoms with Gasteiger partial charge in [-0.3, -0.25) is 9.36 Å². The Balaban J connectivity index is 1.64. The van der Waals surface area contributed by atoms with Crippen LogP contribution in [0.3, 0.4) is 0 Å². The lowest BCUT2D eigenvalue weighted by Crippen LogP contribution is -2.32.